The smallest absolute Gasteiger partial charge is 0.216 e. The highest BCUT2D eigenvalue weighted by Crippen LogP contribution is 2.43. The molecule has 0 saturated heterocycles. The van der Waals surface area contributed by atoms with Crippen LogP contribution in [0.1, 0.15) is 36.1 Å². The molecule has 2 heterocycles. The Morgan fingerprint density at radius 2 is 1.68 bits per heavy atom. The first kappa shape index (κ1) is 20.4. The van der Waals surface area contributed by atoms with Crippen LogP contribution in [0.3, 0.4) is 0 Å². The van der Waals surface area contributed by atoms with Crippen LogP contribution in [0.5, 0.6) is 0 Å². The van der Waals surface area contributed by atoms with Crippen LogP contribution in [-0.2, 0) is 12.5 Å². The van der Waals surface area contributed by atoms with Crippen LogP contribution in [-0.4, -0.2) is 0 Å². The van der Waals surface area contributed by atoms with E-state index in [1.807, 2.05) is 18.2 Å². The van der Waals surface area contributed by atoms with Gasteiger partial charge >= 0.3 is 0 Å². The van der Waals surface area contributed by atoms with Crippen LogP contribution in [0.25, 0.3) is 50.4 Å². The van der Waals surface area contributed by atoms with Gasteiger partial charge in [0.15, 0.2) is 6.20 Å². The van der Waals surface area contributed by atoms with Gasteiger partial charge in [-0.3, -0.25) is 0 Å². The first-order valence-electron chi connectivity index (χ1n) is 11.6. The molecule has 0 fully saturated rings. The van der Waals surface area contributed by atoms with E-state index in [9.17, 15) is 5.26 Å². The summed E-state index contributed by atoms with van der Waals surface area (Å²) in [5.74, 6) is 0. The van der Waals surface area contributed by atoms with E-state index >= 15 is 0 Å². The summed E-state index contributed by atoms with van der Waals surface area (Å²) in [7, 11) is 2.05. The van der Waals surface area contributed by atoms with Gasteiger partial charge in [-0.1, -0.05) is 50.3 Å². The molecular formula is C31H25N2O+. The van der Waals surface area contributed by atoms with Gasteiger partial charge in [0, 0.05) is 33.9 Å². The second kappa shape index (κ2) is 7.17. The van der Waals surface area contributed by atoms with E-state index in [0.29, 0.717) is 5.56 Å². The van der Waals surface area contributed by atoms with E-state index in [1.165, 1.54) is 11.1 Å². The summed E-state index contributed by atoms with van der Waals surface area (Å²) in [6.45, 7) is 6.57. The summed E-state index contributed by atoms with van der Waals surface area (Å²) < 4.78 is 8.80. The fraction of sp³-hybridized carbons (Fsp3) is 0.161. The maximum atomic E-state index is 9.99. The fourth-order valence-electron chi connectivity index (χ4n) is 5.31. The normalized spacial score (nSPS) is 14.0. The molecule has 0 radical (unpaired) electrons. The predicted molar refractivity (Wildman–Crippen MR) is 137 cm³/mol. The van der Waals surface area contributed by atoms with Crippen molar-refractivity contribution in [2.45, 2.75) is 26.2 Å². The molecule has 2 aromatic heterocycles. The number of aryl methyl sites for hydroxylation is 2. The van der Waals surface area contributed by atoms with Crippen molar-refractivity contribution >= 4 is 28.0 Å². The summed E-state index contributed by atoms with van der Waals surface area (Å²) in [5, 5.41) is 12.1. The number of nitrogens with zero attached hydrogens (tertiary/aromatic N) is 2. The third kappa shape index (κ3) is 2.85. The molecule has 34 heavy (non-hydrogen) atoms. The van der Waals surface area contributed by atoms with Crippen LogP contribution in [0, 0.1) is 18.3 Å². The predicted octanol–water partition coefficient (Wildman–Crippen LogP) is 7.23. The van der Waals surface area contributed by atoms with Crippen molar-refractivity contribution < 1.29 is 8.98 Å². The van der Waals surface area contributed by atoms with Gasteiger partial charge in [0.2, 0.25) is 5.69 Å². The van der Waals surface area contributed by atoms with Crippen molar-refractivity contribution in [3.05, 3.63) is 95.2 Å². The first-order chi connectivity index (χ1) is 16.4. The number of pyridine rings is 1. The Labute approximate surface area is 199 Å². The van der Waals surface area contributed by atoms with Crippen LogP contribution >= 0.6 is 0 Å². The van der Waals surface area contributed by atoms with E-state index in [0.717, 1.165) is 49.9 Å². The zero-order valence-corrected chi connectivity index (χ0v) is 19.8. The van der Waals surface area contributed by atoms with Crippen molar-refractivity contribution in [2.24, 2.45) is 7.05 Å². The largest absolute Gasteiger partial charge is 0.454 e. The van der Waals surface area contributed by atoms with Gasteiger partial charge in [-0.25, -0.2) is 4.57 Å². The average Bonchev–Trinajstić information content (AvgIpc) is 3.35. The van der Waals surface area contributed by atoms with Gasteiger partial charge in [-0.2, -0.15) is 5.26 Å². The highest BCUT2D eigenvalue weighted by molar-refractivity contribution is 6.14. The lowest BCUT2D eigenvalue weighted by atomic mass is 9.85. The van der Waals surface area contributed by atoms with E-state index in [2.05, 4.69) is 99.3 Å². The molecule has 1 aliphatic carbocycles. The number of furan rings is 1. The van der Waals surface area contributed by atoms with Gasteiger partial charge in [0.1, 0.15) is 18.2 Å². The molecule has 1 aliphatic rings. The number of benzene rings is 3. The SMILES string of the molecule is Cc1ccc2c(oc3c(-c4ccc5c(c4)C=CC5(C)C)c(C#N)ccc32)c1-c1cccc[n+]1C. The van der Waals surface area contributed by atoms with E-state index < -0.39 is 0 Å². The Kier molecular flexibility index (Phi) is 4.31. The Bertz CT molecular complexity index is 1710. The third-order valence-corrected chi connectivity index (χ3v) is 7.16. The number of aromatic nitrogens is 1. The summed E-state index contributed by atoms with van der Waals surface area (Å²) >= 11 is 0. The molecule has 3 nitrogen and oxygen atoms in total. The molecule has 6 rings (SSSR count). The zero-order chi connectivity index (χ0) is 23.6. The molecule has 0 saturated carbocycles. The molecule has 5 aromatic rings. The lowest BCUT2D eigenvalue weighted by molar-refractivity contribution is -0.660. The fourth-order valence-corrected chi connectivity index (χ4v) is 5.31. The Morgan fingerprint density at radius 1 is 0.912 bits per heavy atom. The summed E-state index contributed by atoms with van der Waals surface area (Å²) in [6, 6.07) is 23.3. The van der Waals surface area contributed by atoms with Gasteiger partial charge in [-0.15, -0.1) is 0 Å². The molecule has 0 bridgehead atoms. The van der Waals surface area contributed by atoms with Crippen molar-refractivity contribution in [3.8, 4) is 28.5 Å². The minimum atomic E-state index is 0.0227. The minimum Gasteiger partial charge on any atom is -0.454 e. The number of rotatable bonds is 2. The van der Waals surface area contributed by atoms with Gasteiger partial charge < -0.3 is 4.42 Å². The molecule has 3 aromatic carbocycles. The van der Waals surface area contributed by atoms with Crippen LogP contribution in [0.2, 0.25) is 0 Å². The third-order valence-electron chi connectivity index (χ3n) is 7.16. The summed E-state index contributed by atoms with van der Waals surface area (Å²) in [6.07, 6.45) is 6.47. The highest BCUT2D eigenvalue weighted by atomic mass is 16.3. The molecule has 0 unspecified atom stereocenters. The molecule has 0 amide bonds. The monoisotopic (exact) mass is 441 g/mol. The van der Waals surface area contributed by atoms with Crippen LogP contribution in [0.4, 0.5) is 0 Å². The second-order valence-electron chi connectivity index (χ2n) is 9.77. The zero-order valence-electron chi connectivity index (χ0n) is 19.8. The maximum absolute atomic E-state index is 9.99. The first-order valence-corrected chi connectivity index (χ1v) is 11.6. The molecule has 0 N–H and O–H groups in total. The number of hydrogen-bond donors (Lipinski definition) is 0. The minimum absolute atomic E-state index is 0.0227. The second-order valence-corrected chi connectivity index (χ2v) is 9.77. The molecule has 3 heteroatoms. The molecule has 0 atom stereocenters. The van der Waals surface area contributed by atoms with Crippen molar-refractivity contribution in [1.82, 2.24) is 0 Å². The van der Waals surface area contributed by atoms with E-state index in [1.54, 1.807) is 0 Å². The van der Waals surface area contributed by atoms with E-state index in [4.69, 9.17) is 4.42 Å². The molecule has 0 aliphatic heterocycles. The van der Waals surface area contributed by atoms with Gasteiger partial charge in [0.25, 0.3) is 0 Å². The van der Waals surface area contributed by atoms with Gasteiger partial charge in [0.05, 0.1) is 17.2 Å². The Hall–Kier alpha value is -4.16. The van der Waals surface area contributed by atoms with E-state index in [-0.39, 0.29) is 5.41 Å². The number of allylic oxidation sites excluding steroid dienone is 1. The Morgan fingerprint density at radius 3 is 2.44 bits per heavy atom. The number of nitriles is 1. The standard InChI is InChI=1S/C31H25N2O/c1-19-8-11-23-24-12-9-22(18-32)28(21-10-13-25-20(17-21)14-15-31(25,2)3)30(24)34-29(23)27(19)26-7-5-6-16-33(26)4/h5-17H,1-4H3/q+1. The topological polar surface area (TPSA) is 40.8 Å². The Balaban J connectivity index is 1.68. The average molecular weight is 442 g/mol. The van der Waals surface area contributed by atoms with Crippen molar-refractivity contribution in [2.75, 3.05) is 0 Å². The number of hydrogen-bond acceptors (Lipinski definition) is 2. The quantitative estimate of drug-likeness (QED) is 0.271. The lowest BCUT2D eigenvalue weighted by Crippen LogP contribution is -2.30. The van der Waals surface area contributed by atoms with Crippen molar-refractivity contribution in [3.63, 3.8) is 0 Å². The van der Waals surface area contributed by atoms with Crippen LogP contribution in [0.15, 0.2) is 77.4 Å². The highest BCUT2D eigenvalue weighted by Gasteiger charge is 2.26. The van der Waals surface area contributed by atoms with Crippen LogP contribution < -0.4 is 4.57 Å². The van der Waals surface area contributed by atoms with Gasteiger partial charge in [-0.05, 0) is 53.4 Å². The van der Waals surface area contributed by atoms with Crippen molar-refractivity contribution in [1.29, 1.82) is 5.26 Å². The number of fused-ring (bicyclic) bond motifs is 4. The summed E-state index contributed by atoms with van der Waals surface area (Å²) in [5.41, 5.74) is 9.97. The maximum Gasteiger partial charge on any atom is 0.216 e. The summed E-state index contributed by atoms with van der Waals surface area (Å²) in [4.78, 5) is 0. The molecule has 164 valence electrons. The lowest BCUT2D eigenvalue weighted by Gasteiger charge is -2.18. The molecular weight excluding hydrogens is 416 g/mol. The molecule has 0 spiro atoms.